The molecule has 0 aliphatic carbocycles. The SMILES string of the molecule is O=C(N/N=C\c1ccc(OC(=O)c2ccc(Cl)cc2Cl)cc1)c1ccc(OCc2ccc(Cl)cc2Cl)cc1. The molecule has 0 aliphatic heterocycles. The number of esters is 1. The van der Waals surface area contributed by atoms with Crippen molar-refractivity contribution < 1.29 is 19.1 Å². The molecule has 0 aliphatic rings. The number of carbonyl (C=O) groups excluding carboxylic acids is 2. The number of hydrazone groups is 1. The number of nitrogens with zero attached hydrogens (tertiary/aromatic N) is 1. The summed E-state index contributed by atoms with van der Waals surface area (Å²) in [6.07, 6.45) is 1.47. The maximum atomic E-state index is 12.4. The van der Waals surface area contributed by atoms with Gasteiger partial charge in [-0.05, 0) is 84.4 Å². The lowest BCUT2D eigenvalue weighted by Gasteiger charge is -2.08. The van der Waals surface area contributed by atoms with E-state index in [-0.39, 0.29) is 23.1 Å². The molecular formula is C28H18Cl4N2O4. The third-order valence-corrected chi connectivity index (χ3v) is 6.28. The van der Waals surface area contributed by atoms with Gasteiger partial charge >= 0.3 is 5.97 Å². The van der Waals surface area contributed by atoms with Crippen LogP contribution >= 0.6 is 46.4 Å². The van der Waals surface area contributed by atoms with E-state index in [0.29, 0.717) is 37.7 Å². The summed E-state index contributed by atoms with van der Waals surface area (Å²) in [6, 6.07) is 22.9. The molecule has 38 heavy (non-hydrogen) atoms. The monoisotopic (exact) mass is 586 g/mol. The fourth-order valence-electron chi connectivity index (χ4n) is 3.17. The van der Waals surface area contributed by atoms with E-state index in [1.807, 2.05) is 0 Å². The zero-order chi connectivity index (χ0) is 27.1. The molecule has 0 aromatic heterocycles. The van der Waals surface area contributed by atoms with E-state index in [1.54, 1.807) is 72.8 Å². The minimum atomic E-state index is -0.606. The zero-order valence-electron chi connectivity index (χ0n) is 19.5. The van der Waals surface area contributed by atoms with Crippen LogP contribution in [0.1, 0.15) is 31.8 Å². The maximum Gasteiger partial charge on any atom is 0.345 e. The minimum Gasteiger partial charge on any atom is -0.489 e. The number of rotatable bonds is 8. The highest BCUT2D eigenvalue weighted by Crippen LogP contribution is 2.24. The molecule has 0 fully saturated rings. The molecule has 4 aromatic carbocycles. The van der Waals surface area contributed by atoms with Crippen molar-refractivity contribution in [3.63, 3.8) is 0 Å². The lowest BCUT2D eigenvalue weighted by molar-refractivity contribution is 0.0734. The summed E-state index contributed by atoms with van der Waals surface area (Å²) < 4.78 is 11.1. The van der Waals surface area contributed by atoms with Gasteiger partial charge in [0, 0.05) is 26.2 Å². The Labute approximate surface area is 238 Å². The van der Waals surface area contributed by atoms with Crippen molar-refractivity contribution in [1.82, 2.24) is 5.43 Å². The van der Waals surface area contributed by atoms with Crippen molar-refractivity contribution >= 4 is 64.5 Å². The van der Waals surface area contributed by atoms with Gasteiger partial charge in [-0.15, -0.1) is 0 Å². The predicted octanol–water partition coefficient (Wildman–Crippen LogP) is 7.86. The van der Waals surface area contributed by atoms with Crippen molar-refractivity contribution in [2.75, 3.05) is 0 Å². The fourth-order valence-corrected chi connectivity index (χ4v) is 4.12. The molecule has 4 rings (SSSR count). The highest BCUT2D eigenvalue weighted by atomic mass is 35.5. The van der Waals surface area contributed by atoms with E-state index < -0.39 is 5.97 Å². The first-order chi connectivity index (χ1) is 18.3. The van der Waals surface area contributed by atoms with Crippen LogP contribution < -0.4 is 14.9 Å². The zero-order valence-corrected chi connectivity index (χ0v) is 22.5. The number of amides is 1. The number of ether oxygens (including phenoxy) is 2. The standard InChI is InChI=1S/C28H18Cl4N2O4/c29-20-6-3-19(25(31)13-20)16-37-22-10-4-18(5-11-22)27(35)34-33-15-17-1-8-23(9-2-17)38-28(36)24-12-7-21(30)14-26(24)32/h1-15H,16H2,(H,34,35)/b33-15-. The van der Waals surface area contributed by atoms with Crippen LogP contribution in [0, 0.1) is 0 Å². The third-order valence-electron chi connectivity index (χ3n) is 5.15. The minimum absolute atomic E-state index is 0.201. The topological polar surface area (TPSA) is 77.0 Å². The van der Waals surface area contributed by atoms with Crippen LogP contribution in [0.25, 0.3) is 0 Å². The van der Waals surface area contributed by atoms with Crippen LogP contribution in [-0.2, 0) is 6.61 Å². The average molecular weight is 588 g/mol. The molecule has 0 saturated carbocycles. The number of halogens is 4. The van der Waals surface area contributed by atoms with Crippen LogP contribution in [0.15, 0.2) is 90.0 Å². The highest BCUT2D eigenvalue weighted by Gasteiger charge is 2.13. The van der Waals surface area contributed by atoms with Crippen molar-refractivity contribution in [2.24, 2.45) is 5.10 Å². The number of carbonyl (C=O) groups is 2. The molecule has 10 heteroatoms. The van der Waals surface area contributed by atoms with E-state index in [1.165, 1.54) is 18.3 Å². The molecule has 0 spiro atoms. The van der Waals surface area contributed by atoms with Gasteiger partial charge in [-0.2, -0.15) is 5.10 Å². The summed E-state index contributed by atoms with van der Waals surface area (Å²) in [5, 5.41) is 5.66. The molecule has 1 N–H and O–H groups in total. The Morgan fingerprint density at radius 3 is 2.05 bits per heavy atom. The van der Waals surface area contributed by atoms with Gasteiger partial charge in [-0.1, -0.05) is 52.5 Å². The fraction of sp³-hybridized carbons (Fsp3) is 0.0357. The second-order valence-corrected chi connectivity index (χ2v) is 9.52. The predicted molar refractivity (Wildman–Crippen MR) is 150 cm³/mol. The van der Waals surface area contributed by atoms with Gasteiger partial charge in [0.15, 0.2) is 0 Å². The summed E-state index contributed by atoms with van der Waals surface area (Å²) >= 11 is 24.0. The van der Waals surface area contributed by atoms with E-state index in [9.17, 15) is 9.59 Å². The lowest BCUT2D eigenvalue weighted by atomic mass is 10.2. The van der Waals surface area contributed by atoms with Crippen LogP contribution in [0.5, 0.6) is 11.5 Å². The first kappa shape index (κ1) is 27.5. The van der Waals surface area contributed by atoms with Crippen molar-refractivity contribution in [2.45, 2.75) is 6.61 Å². The Hall–Kier alpha value is -3.55. The molecule has 0 atom stereocenters. The summed E-state index contributed by atoms with van der Waals surface area (Å²) in [6.45, 7) is 0.263. The maximum absolute atomic E-state index is 12.4. The van der Waals surface area contributed by atoms with Crippen LogP contribution in [0.2, 0.25) is 20.1 Å². The van der Waals surface area contributed by atoms with Gasteiger partial charge < -0.3 is 9.47 Å². The summed E-state index contributed by atoms with van der Waals surface area (Å²) in [5.41, 5.74) is 4.55. The molecule has 0 saturated heterocycles. The molecule has 0 bridgehead atoms. The highest BCUT2D eigenvalue weighted by molar-refractivity contribution is 6.36. The molecule has 6 nitrogen and oxygen atoms in total. The molecular weight excluding hydrogens is 570 g/mol. The van der Waals surface area contributed by atoms with E-state index in [0.717, 1.165) is 5.56 Å². The molecule has 0 unspecified atom stereocenters. The first-order valence-corrected chi connectivity index (χ1v) is 12.6. The Morgan fingerprint density at radius 2 is 1.39 bits per heavy atom. The number of hydrogen-bond donors (Lipinski definition) is 1. The van der Waals surface area contributed by atoms with Gasteiger partial charge in [-0.25, -0.2) is 10.2 Å². The number of nitrogens with one attached hydrogen (secondary N) is 1. The largest absolute Gasteiger partial charge is 0.489 e. The van der Waals surface area contributed by atoms with Gasteiger partial charge in [0.05, 0.1) is 16.8 Å². The normalized spacial score (nSPS) is 10.8. The van der Waals surface area contributed by atoms with Crippen molar-refractivity contribution in [3.05, 3.63) is 127 Å². The molecule has 0 radical (unpaired) electrons. The van der Waals surface area contributed by atoms with Crippen LogP contribution in [-0.4, -0.2) is 18.1 Å². The second-order valence-electron chi connectivity index (χ2n) is 7.83. The quantitative estimate of drug-likeness (QED) is 0.0985. The van der Waals surface area contributed by atoms with E-state index in [4.69, 9.17) is 55.9 Å². The Morgan fingerprint density at radius 1 is 0.763 bits per heavy atom. The smallest absolute Gasteiger partial charge is 0.345 e. The van der Waals surface area contributed by atoms with Crippen molar-refractivity contribution in [1.29, 1.82) is 0 Å². The van der Waals surface area contributed by atoms with Gasteiger partial charge in [0.25, 0.3) is 5.91 Å². The second kappa shape index (κ2) is 12.8. The van der Waals surface area contributed by atoms with Gasteiger partial charge in [0.2, 0.25) is 0 Å². The summed E-state index contributed by atoms with van der Waals surface area (Å²) in [5.74, 6) is -0.0949. The molecule has 4 aromatic rings. The number of benzene rings is 4. The van der Waals surface area contributed by atoms with Crippen LogP contribution in [0.3, 0.4) is 0 Å². The van der Waals surface area contributed by atoms with E-state index >= 15 is 0 Å². The molecule has 192 valence electrons. The molecule has 0 heterocycles. The number of hydrogen-bond acceptors (Lipinski definition) is 5. The van der Waals surface area contributed by atoms with Crippen molar-refractivity contribution in [3.8, 4) is 11.5 Å². The first-order valence-electron chi connectivity index (χ1n) is 11.1. The van der Waals surface area contributed by atoms with Gasteiger partial charge in [0.1, 0.15) is 18.1 Å². The summed E-state index contributed by atoms with van der Waals surface area (Å²) in [4.78, 5) is 24.7. The lowest BCUT2D eigenvalue weighted by Crippen LogP contribution is -2.17. The third kappa shape index (κ3) is 7.49. The van der Waals surface area contributed by atoms with Gasteiger partial charge in [-0.3, -0.25) is 4.79 Å². The van der Waals surface area contributed by atoms with E-state index in [2.05, 4.69) is 10.5 Å². The Bertz CT molecular complexity index is 1490. The Balaban J connectivity index is 1.27. The van der Waals surface area contributed by atoms with Crippen LogP contribution in [0.4, 0.5) is 0 Å². The molecule has 1 amide bonds. The summed E-state index contributed by atoms with van der Waals surface area (Å²) in [7, 11) is 0. The Kier molecular flexibility index (Phi) is 9.26. The average Bonchev–Trinajstić information content (AvgIpc) is 2.89.